The summed E-state index contributed by atoms with van der Waals surface area (Å²) in [4.78, 5) is 24.4. The highest BCUT2D eigenvalue weighted by atomic mass is 28.4. The van der Waals surface area contributed by atoms with Crippen LogP contribution in [0.15, 0.2) is 48.6 Å². The fourth-order valence-corrected chi connectivity index (χ4v) is 6.71. The second-order valence-electron chi connectivity index (χ2n) is 13.2. The Morgan fingerprint density at radius 2 is 1.74 bits per heavy atom. The molecule has 0 aromatic heterocycles. The van der Waals surface area contributed by atoms with Crippen LogP contribution in [0.2, 0.25) is 18.1 Å². The summed E-state index contributed by atoms with van der Waals surface area (Å²) in [6.45, 7) is 14.9. The van der Waals surface area contributed by atoms with Crippen molar-refractivity contribution in [3.8, 4) is 0 Å². The number of ketones is 1. The number of hydrogen-bond donors (Lipinski definition) is 0. The number of hydrogen-bond acceptors (Lipinski definition) is 4. The SMILES string of the molecule is CC(C)OC(=O)CCC/C=C\C[C@H]1C(=O)C[C@H](F)[C@@H]1/C=C/[C@@H](O[Si](C)(C)C(C)(C)C)C1Cc2ccccc2C1. The van der Waals surface area contributed by atoms with Crippen molar-refractivity contribution in [2.75, 3.05) is 0 Å². The van der Waals surface area contributed by atoms with Crippen LogP contribution < -0.4 is 0 Å². The molecule has 6 heteroatoms. The van der Waals surface area contributed by atoms with E-state index in [0.29, 0.717) is 25.2 Å². The average molecular weight is 557 g/mol. The molecule has 1 saturated carbocycles. The number of carbonyl (C=O) groups excluding carboxylic acids is 2. The third kappa shape index (κ3) is 8.71. The van der Waals surface area contributed by atoms with Gasteiger partial charge in [-0.15, -0.1) is 0 Å². The number of allylic oxidation sites excluding steroid dienone is 3. The van der Waals surface area contributed by atoms with Crippen molar-refractivity contribution in [1.29, 1.82) is 0 Å². The van der Waals surface area contributed by atoms with Crippen LogP contribution in [0.4, 0.5) is 4.39 Å². The Labute approximate surface area is 236 Å². The molecule has 0 bridgehead atoms. The van der Waals surface area contributed by atoms with E-state index in [0.717, 1.165) is 19.3 Å². The van der Waals surface area contributed by atoms with Gasteiger partial charge in [-0.3, -0.25) is 9.59 Å². The van der Waals surface area contributed by atoms with E-state index in [4.69, 9.17) is 9.16 Å². The van der Waals surface area contributed by atoms with Crippen LogP contribution in [0.1, 0.15) is 77.8 Å². The maximum atomic E-state index is 15.1. The Hall–Kier alpha value is -2.05. The standard InChI is InChI=1S/C33H49FO4Si/c1-23(2)37-32(36)17-11-9-8-10-16-28-27(29(34)22-30(28)35)18-19-31(38-39(6,7)33(3,4)5)26-20-24-14-12-13-15-25(24)21-26/h8,10,12-15,18-19,23,26-29,31H,9,11,16-17,20-22H2,1-7H3/b10-8-,19-18+/t27-,28-,29+,31-/m1/s1. The highest BCUT2D eigenvalue weighted by molar-refractivity contribution is 6.74. The molecule has 2 aliphatic carbocycles. The van der Waals surface area contributed by atoms with Crippen molar-refractivity contribution >= 4 is 20.1 Å². The molecular weight excluding hydrogens is 507 g/mol. The smallest absolute Gasteiger partial charge is 0.306 e. The van der Waals surface area contributed by atoms with Crippen molar-refractivity contribution in [1.82, 2.24) is 0 Å². The first kappa shape index (κ1) is 31.5. The average Bonchev–Trinajstić information content (AvgIpc) is 3.37. The van der Waals surface area contributed by atoms with E-state index >= 15 is 4.39 Å². The van der Waals surface area contributed by atoms with E-state index in [1.165, 1.54) is 11.1 Å². The number of alkyl halides is 1. The van der Waals surface area contributed by atoms with Crippen LogP contribution >= 0.6 is 0 Å². The summed E-state index contributed by atoms with van der Waals surface area (Å²) in [6, 6.07) is 8.58. The zero-order chi connectivity index (χ0) is 28.8. The summed E-state index contributed by atoms with van der Waals surface area (Å²) in [5.41, 5.74) is 2.75. The van der Waals surface area contributed by atoms with E-state index in [1.54, 1.807) is 0 Å². The van der Waals surface area contributed by atoms with Gasteiger partial charge in [0, 0.05) is 24.7 Å². The van der Waals surface area contributed by atoms with Gasteiger partial charge in [-0.2, -0.15) is 0 Å². The Balaban J connectivity index is 1.67. The summed E-state index contributed by atoms with van der Waals surface area (Å²) in [5.74, 6) is -0.666. The molecule has 3 rings (SSSR count). The molecule has 39 heavy (non-hydrogen) atoms. The number of fused-ring (bicyclic) bond motifs is 1. The lowest BCUT2D eigenvalue weighted by Crippen LogP contribution is -2.45. The van der Waals surface area contributed by atoms with Gasteiger partial charge in [0.1, 0.15) is 12.0 Å². The zero-order valence-electron chi connectivity index (χ0n) is 25.0. The fourth-order valence-electron chi connectivity index (χ4n) is 5.41. The van der Waals surface area contributed by atoms with Crippen LogP contribution in [0, 0.1) is 17.8 Å². The lowest BCUT2D eigenvalue weighted by Gasteiger charge is -2.40. The number of benzene rings is 1. The Morgan fingerprint density at radius 1 is 1.10 bits per heavy atom. The van der Waals surface area contributed by atoms with E-state index in [2.05, 4.69) is 64.2 Å². The Kier molecular flexibility index (Phi) is 10.9. The van der Waals surface area contributed by atoms with Crippen LogP contribution in [-0.2, 0) is 31.6 Å². The Morgan fingerprint density at radius 3 is 2.33 bits per heavy atom. The topological polar surface area (TPSA) is 52.6 Å². The predicted molar refractivity (Wildman–Crippen MR) is 159 cm³/mol. The minimum Gasteiger partial charge on any atom is -0.463 e. The lowest BCUT2D eigenvalue weighted by molar-refractivity contribution is -0.147. The van der Waals surface area contributed by atoms with Gasteiger partial charge in [-0.1, -0.05) is 69.3 Å². The molecular formula is C33H49FO4Si. The second kappa shape index (κ2) is 13.5. The molecule has 4 atom stereocenters. The summed E-state index contributed by atoms with van der Waals surface area (Å²) in [5, 5.41) is 0.0648. The van der Waals surface area contributed by atoms with Crippen LogP contribution in [0.25, 0.3) is 0 Å². The van der Waals surface area contributed by atoms with Crippen molar-refractivity contribution in [2.24, 2.45) is 17.8 Å². The van der Waals surface area contributed by atoms with Crippen molar-refractivity contribution in [3.05, 3.63) is 59.7 Å². The molecule has 1 aromatic rings. The van der Waals surface area contributed by atoms with Gasteiger partial charge >= 0.3 is 5.97 Å². The molecule has 4 nitrogen and oxygen atoms in total. The number of unbranched alkanes of at least 4 members (excludes halogenated alkanes) is 1. The quantitative estimate of drug-likeness (QED) is 0.113. The van der Waals surface area contributed by atoms with E-state index < -0.39 is 20.4 Å². The minimum absolute atomic E-state index is 0.00236. The van der Waals surface area contributed by atoms with Crippen LogP contribution in [0.5, 0.6) is 0 Å². The van der Waals surface area contributed by atoms with Gasteiger partial charge in [-0.25, -0.2) is 4.39 Å². The molecule has 216 valence electrons. The van der Waals surface area contributed by atoms with Gasteiger partial charge < -0.3 is 9.16 Å². The van der Waals surface area contributed by atoms with Crippen molar-refractivity contribution in [2.45, 2.75) is 116 Å². The first-order valence-electron chi connectivity index (χ1n) is 14.7. The van der Waals surface area contributed by atoms with E-state index in [-0.39, 0.29) is 41.3 Å². The summed E-state index contributed by atoms with van der Waals surface area (Å²) < 4.78 is 27.2. The van der Waals surface area contributed by atoms with Gasteiger partial charge in [0.25, 0.3) is 0 Å². The van der Waals surface area contributed by atoms with Crippen molar-refractivity contribution in [3.63, 3.8) is 0 Å². The molecule has 0 aliphatic heterocycles. The maximum absolute atomic E-state index is 15.1. The minimum atomic E-state index is -2.07. The lowest BCUT2D eigenvalue weighted by atomic mass is 9.89. The van der Waals surface area contributed by atoms with Crippen molar-refractivity contribution < 1.29 is 23.1 Å². The largest absolute Gasteiger partial charge is 0.463 e. The third-order valence-corrected chi connectivity index (χ3v) is 13.1. The molecule has 0 unspecified atom stereocenters. The number of esters is 1. The van der Waals surface area contributed by atoms with Crippen LogP contribution in [-0.4, -0.2) is 38.4 Å². The van der Waals surface area contributed by atoms with E-state index in [9.17, 15) is 9.59 Å². The first-order chi connectivity index (χ1) is 18.3. The number of Topliss-reactive ketones (excluding diaryl/α,β-unsaturated/α-hetero) is 1. The van der Waals surface area contributed by atoms with Gasteiger partial charge in [-0.05, 0) is 81.1 Å². The fraction of sp³-hybridized carbons (Fsp3) is 0.636. The normalized spacial score (nSPS) is 23.3. The van der Waals surface area contributed by atoms with E-state index in [1.807, 2.05) is 32.1 Å². The zero-order valence-corrected chi connectivity index (χ0v) is 26.0. The second-order valence-corrected chi connectivity index (χ2v) is 17.9. The molecule has 0 amide bonds. The summed E-state index contributed by atoms with van der Waals surface area (Å²) in [6.07, 6.45) is 10.9. The third-order valence-electron chi connectivity index (χ3n) is 8.67. The number of halogens is 1. The number of ether oxygens (including phenoxy) is 1. The number of rotatable bonds is 12. The molecule has 1 aromatic carbocycles. The van der Waals surface area contributed by atoms with Crippen LogP contribution in [0.3, 0.4) is 0 Å². The van der Waals surface area contributed by atoms with Gasteiger partial charge in [0.2, 0.25) is 0 Å². The summed E-state index contributed by atoms with van der Waals surface area (Å²) in [7, 11) is -2.07. The molecule has 0 heterocycles. The first-order valence-corrected chi connectivity index (χ1v) is 17.6. The predicted octanol–water partition coefficient (Wildman–Crippen LogP) is 7.96. The Bertz CT molecular complexity index is 1010. The summed E-state index contributed by atoms with van der Waals surface area (Å²) >= 11 is 0. The highest BCUT2D eigenvalue weighted by Gasteiger charge is 2.43. The maximum Gasteiger partial charge on any atom is 0.306 e. The molecule has 1 fully saturated rings. The number of carbonyl (C=O) groups is 2. The molecule has 0 spiro atoms. The monoisotopic (exact) mass is 556 g/mol. The van der Waals surface area contributed by atoms with Gasteiger partial charge in [0.15, 0.2) is 8.32 Å². The highest BCUT2D eigenvalue weighted by Crippen LogP contribution is 2.41. The molecule has 2 aliphatic rings. The van der Waals surface area contributed by atoms with Gasteiger partial charge in [0.05, 0.1) is 12.2 Å². The molecule has 0 saturated heterocycles. The molecule has 0 radical (unpaired) electrons. The molecule has 0 N–H and O–H groups in total.